The molecule has 0 saturated heterocycles. The van der Waals surface area contributed by atoms with Crippen molar-refractivity contribution in [2.45, 2.75) is 52.0 Å². The Morgan fingerprint density at radius 1 is 1.36 bits per heavy atom. The minimum atomic E-state index is -0.0181. The average Bonchev–Trinajstić information content (AvgIpc) is 2.13. The van der Waals surface area contributed by atoms with Gasteiger partial charge in [-0.05, 0) is 13.3 Å². The predicted molar refractivity (Wildman–Crippen MR) is 58.2 cm³/mol. The number of nitrogens with one attached hydrogen (secondary N) is 1. The molecule has 0 bridgehead atoms. The Hall–Kier alpha value is -0.570. The van der Waals surface area contributed by atoms with E-state index in [1.54, 1.807) is 0 Å². The zero-order valence-corrected chi connectivity index (χ0v) is 9.64. The van der Waals surface area contributed by atoms with Crippen molar-refractivity contribution in [3.8, 4) is 0 Å². The molecule has 3 heteroatoms. The molecule has 0 aromatic heterocycles. The largest absolute Gasteiger partial charge is 0.375 e. The second-order valence-corrected chi connectivity index (χ2v) is 3.75. The maximum absolute atomic E-state index is 11.1. The van der Waals surface area contributed by atoms with Crippen LogP contribution in [0.2, 0.25) is 0 Å². The quantitative estimate of drug-likeness (QED) is 0.611. The van der Waals surface area contributed by atoms with Crippen LogP contribution in [0.3, 0.4) is 0 Å². The molecular formula is C11H23NO2. The van der Waals surface area contributed by atoms with Crippen LogP contribution >= 0.6 is 0 Å². The van der Waals surface area contributed by atoms with Gasteiger partial charge in [0, 0.05) is 13.2 Å². The highest BCUT2D eigenvalue weighted by molar-refractivity contribution is 5.77. The van der Waals surface area contributed by atoms with Crippen LogP contribution in [0, 0.1) is 0 Å². The number of unbranched alkanes of at least 4 members (excludes halogenated alkanes) is 3. The maximum atomic E-state index is 11.1. The van der Waals surface area contributed by atoms with Crippen molar-refractivity contribution in [2.75, 3.05) is 13.7 Å². The zero-order chi connectivity index (χ0) is 10.8. The van der Waals surface area contributed by atoms with Crippen molar-refractivity contribution in [3.05, 3.63) is 0 Å². The number of methoxy groups -OCH3 is 1. The number of hydrogen-bond acceptors (Lipinski definition) is 2. The molecule has 0 aromatic carbocycles. The van der Waals surface area contributed by atoms with Gasteiger partial charge in [-0.2, -0.15) is 0 Å². The standard InChI is InChI=1S/C11H23NO2/c1-4-5-6-7-8-10(2)12-11(13)9-14-3/h10H,4-9H2,1-3H3,(H,12,13). The van der Waals surface area contributed by atoms with Gasteiger partial charge in [0.1, 0.15) is 6.61 Å². The van der Waals surface area contributed by atoms with Crippen LogP contribution in [-0.2, 0) is 9.53 Å². The SMILES string of the molecule is CCCCCCC(C)NC(=O)COC. The van der Waals surface area contributed by atoms with Gasteiger partial charge in [-0.25, -0.2) is 0 Å². The second kappa shape index (κ2) is 9.00. The van der Waals surface area contributed by atoms with E-state index in [4.69, 9.17) is 4.74 Å². The summed E-state index contributed by atoms with van der Waals surface area (Å²) in [6, 6.07) is 0.273. The van der Waals surface area contributed by atoms with Crippen LogP contribution in [0.15, 0.2) is 0 Å². The Morgan fingerprint density at radius 2 is 2.07 bits per heavy atom. The highest BCUT2D eigenvalue weighted by Crippen LogP contribution is 2.04. The van der Waals surface area contributed by atoms with Crippen LogP contribution in [0.4, 0.5) is 0 Å². The Bertz CT molecular complexity index is 148. The van der Waals surface area contributed by atoms with E-state index in [0.717, 1.165) is 6.42 Å². The molecule has 0 aliphatic rings. The zero-order valence-electron chi connectivity index (χ0n) is 9.64. The first kappa shape index (κ1) is 13.4. The summed E-state index contributed by atoms with van der Waals surface area (Å²) in [5.74, 6) is -0.0181. The van der Waals surface area contributed by atoms with Gasteiger partial charge in [-0.3, -0.25) is 4.79 Å². The minimum absolute atomic E-state index is 0.0181. The van der Waals surface area contributed by atoms with E-state index < -0.39 is 0 Å². The van der Waals surface area contributed by atoms with E-state index in [1.807, 2.05) is 6.92 Å². The number of hydrogen-bond donors (Lipinski definition) is 1. The van der Waals surface area contributed by atoms with Crippen molar-refractivity contribution >= 4 is 5.91 Å². The van der Waals surface area contributed by atoms with Gasteiger partial charge in [0.15, 0.2) is 0 Å². The Labute approximate surface area is 87.2 Å². The predicted octanol–water partition coefficient (Wildman–Crippen LogP) is 2.11. The van der Waals surface area contributed by atoms with Crippen LogP contribution in [0.25, 0.3) is 0 Å². The molecule has 3 nitrogen and oxygen atoms in total. The number of carbonyl (C=O) groups is 1. The Balaban J connectivity index is 3.35. The van der Waals surface area contributed by atoms with E-state index in [2.05, 4.69) is 12.2 Å². The molecule has 14 heavy (non-hydrogen) atoms. The molecule has 1 N–H and O–H groups in total. The summed E-state index contributed by atoms with van der Waals surface area (Å²) < 4.78 is 4.74. The lowest BCUT2D eigenvalue weighted by atomic mass is 10.1. The lowest BCUT2D eigenvalue weighted by Gasteiger charge is -2.13. The molecule has 0 saturated carbocycles. The van der Waals surface area contributed by atoms with Gasteiger partial charge in [0.05, 0.1) is 0 Å². The molecule has 0 aliphatic heterocycles. The fourth-order valence-corrected chi connectivity index (χ4v) is 1.40. The summed E-state index contributed by atoms with van der Waals surface area (Å²) in [7, 11) is 1.53. The smallest absolute Gasteiger partial charge is 0.246 e. The van der Waals surface area contributed by atoms with Crippen LogP contribution in [0.5, 0.6) is 0 Å². The molecule has 0 spiro atoms. The topological polar surface area (TPSA) is 38.3 Å². The van der Waals surface area contributed by atoms with Gasteiger partial charge in [0.25, 0.3) is 0 Å². The summed E-state index contributed by atoms with van der Waals surface area (Å²) in [6.45, 7) is 4.41. The molecule has 0 rings (SSSR count). The molecule has 1 amide bonds. The van der Waals surface area contributed by atoms with Crippen molar-refractivity contribution in [3.63, 3.8) is 0 Å². The van der Waals surface area contributed by atoms with Crippen molar-refractivity contribution in [2.24, 2.45) is 0 Å². The van der Waals surface area contributed by atoms with Gasteiger partial charge in [-0.15, -0.1) is 0 Å². The third-order valence-electron chi connectivity index (χ3n) is 2.17. The fourth-order valence-electron chi connectivity index (χ4n) is 1.40. The van der Waals surface area contributed by atoms with E-state index in [-0.39, 0.29) is 18.6 Å². The summed E-state index contributed by atoms with van der Waals surface area (Å²) in [5.41, 5.74) is 0. The summed E-state index contributed by atoms with van der Waals surface area (Å²) in [6.07, 6.45) is 6.07. The van der Waals surface area contributed by atoms with Crippen LogP contribution in [-0.4, -0.2) is 25.7 Å². The number of amides is 1. The highest BCUT2D eigenvalue weighted by Gasteiger charge is 2.05. The monoisotopic (exact) mass is 201 g/mol. The van der Waals surface area contributed by atoms with E-state index in [0.29, 0.717) is 0 Å². The summed E-state index contributed by atoms with van der Waals surface area (Å²) in [4.78, 5) is 11.1. The average molecular weight is 201 g/mol. The van der Waals surface area contributed by atoms with E-state index >= 15 is 0 Å². The number of ether oxygens (including phenoxy) is 1. The molecule has 0 radical (unpaired) electrons. The number of carbonyl (C=O) groups excluding carboxylic acids is 1. The van der Waals surface area contributed by atoms with Gasteiger partial charge in [0.2, 0.25) is 5.91 Å². The Kier molecular flexibility index (Phi) is 8.64. The molecule has 0 fully saturated rings. The lowest BCUT2D eigenvalue weighted by molar-refractivity contribution is -0.125. The first-order chi connectivity index (χ1) is 6.70. The Morgan fingerprint density at radius 3 is 2.64 bits per heavy atom. The third-order valence-corrected chi connectivity index (χ3v) is 2.17. The van der Waals surface area contributed by atoms with Gasteiger partial charge < -0.3 is 10.1 Å². The van der Waals surface area contributed by atoms with Gasteiger partial charge >= 0.3 is 0 Å². The maximum Gasteiger partial charge on any atom is 0.246 e. The number of rotatable bonds is 8. The molecule has 0 aliphatic carbocycles. The highest BCUT2D eigenvalue weighted by atomic mass is 16.5. The summed E-state index contributed by atoms with van der Waals surface area (Å²) in [5, 5.41) is 2.89. The first-order valence-corrected chi connectivity index (χ1v) is 5.49. The summed E-state index contributed by atoms with van der Waals surface area (Å²) >= 11 is 0. The minimum Gasteiger partial charge on any atom is -0.375 e. The van der Waals surface area contributed by atoms with Gasteiger partial charge in [-0.1, -0.05) is 32.6 Å². The molecule has 0 aromatic rings. The van der Waals surface area contributed by atoms with Crippen LogP contribution in [0.1, 0.15) is 46.0 Å². The van der Waals surface area contributed by atoms with E-state index in [1.165, 1.54) is 32.8 Å². The normalized spacial score (nSPS) is 12.5. The first-order valence-electron chi connectivity index (χ1n) is 5.49. The molecule has 1 atom stereocenters. The molecule has 1 unspecified atom stereocenters. The molecular weight excluding hydrogens is 178 g/mol. The van der Waals surface area contributed by atoms with Crippen molar-refractivity contribution in [1.82, 2.24) is 5.32 Å². The van der Waals surface area contributed by atoms with Crippen molar-refractivity contribution in [1.29, 1.82) is 0 Å². The molecule has 84 valence electrons. The lowest BCUT2D eigenvalue weighted by Crippen LogP contribution is -2.34. The third kappa shape index (κ3) is 8.05. The second-order valence-electron chi connectivity index (χ2n) is 3.75. The van der Waals surface area contributed by atoms with Crippen LogP contribution < -0.4 is 5.32 Å². The fraction of sp³-hybridized carbons (Fsp3) is 0.909. The van der Waals surface area contributed by atoms with Crippen molar-refractivity contribution < 1.29 is 9.53 Å². The van der Waals surface area contributed by atoms with E-state index in [9.17, 15) is 4.79 Å². The molecule has 0 heterocycles.